The van der Waals surface area contributed by atoms with Crippen LogP contribution in [0.25, 0.3) is 0 Å². The number of anilines is 1. The summed E-state index contributed by atoms with van der Waals surface area (Å²) in [6, 6.07) is 8.91. The molecule has 2 heterocycles. The number of hydrogen-bond acceptors (Lipinski definition) is 6. The van der Waals surface area contributed by atoms with E-state index >= 15 is 0 Å². The number of nitrogens with zero attached hydrogens (tertiary/aromatic N) is 2. The minimum absolute atomic E-state index is 0.286. The lowest BCUT2D eigenvalue weighted by Crippen LogP contribution is -2.29. The first-order chi connectivity index (χ1) is 13.4. The molecule has 8 heteroatoms. The van der Waals surface area contributed by atoms with Crippen molar-refractivity contribution in [3.8, 4) is 5.75 Å². The number of thioether (sulfide) groups is 1. The fourth-order valence-electron chi connectivity index (χ4n) is 2.89. The van der Waals surface area contributed by atoms with E-state index in [9.17, 15) is 4.79 Å². The highest BCUT2D eigenvalue weighted by molar-refractivity contribution is 8.13. The summed E-state index contributed by atoms with van der Waals surface area (Å²) in [4.78, 5) is 21.3. The van der Waals surface area contributed by atoms with Crippen LogP contribution in [0.5, 0.6) is 5.75 Å². The van der Waals surface area contributed by atoms with E-state index in [1.54, 1.807) is 30.0 Å². The third kappa shape index (κ3) is 4.97. The van der Waals surface area contributed by atoms with Gasteiger partial charge in [-0.15, -0.1) is 0 Å². The number of pyridine rings is 1. The number of amides is 1. The van der Waals surface area contributed by atoms with Crippen LogP contribution in [-0.4, -0.2) is 28.4 Å². The molecular formula is C20H23ClN4O2S. The van der Waals surface area contributed by atoms with Crippen molar-refractivity contribution in [1.29, 1.82) is 0 Å². The normalized spacial score (nSPS) is 19.0. The maximum absolute atomic E-state index is 12.6. The number of nitrogens with two attached hydrogens (primary N) is 1. The SMILES string of the molecule is CCCOc1cc(NC(=O)c2ccc(Cl)cn2)cc(C2(C)CCSC(N)=N2)c1. The Bertz CT molecular complexity index is 888. The van der Waals surface area contributed by atoms with E-state index < -0.39 is 5.54 Å². The first-order valence-electron chi connectivity index (χ1n) is 9.09. The Kier molecular flexibility index (Phi) is 6.46. The molecule has 1 unspecified atom stereocenters. The molecule has 0 bridgehead atoms. The average Bonchev–Trinajstić information content (AvgIpc) is 2.66. The number of ether oxygens (including phenoxy) is 1. The molecule has 0 saturated heterocycles. The van der Waals surface area contributed by atoms with Crippen molar-refractivity contribution in [2.45, 2.75) is 32.2 Å². The molecule has 1 aliphatic rings. The first kappa shape index (κ1) is 20.5. The van der Waals surface area contributed by atoms with Crippen LogP contribution in [0.3, 0.4) is 0 Å². The molecule has 0 fully saturated rings. The van der Waals surface area contributed by atoms with Gasteiger partial charge >= 0.3 is 0 Å². The van der Waals surface area contributed by atoms with Crippen molar-refractivity contribution in [2.75, 3.05) is 17.7 Å². The van der Waals surface area contributed by atoms with Crippen LogP contribution in [0.2, 0.25) is 5.02 Å². The van der Waals surface area contributed by atoms with E-state index in [4.69, 9.17) is 22.1 Å². The van der Waals surface area contributed by atoms with Crippen LogP contribution in [0.15, 0.2) is 41.5 Å². The summed E-state index contributed by atoms with van der Waals surface area (Å²) in [6.07, 6.45) is 3.18. The van der Waals surface area contributed by atoms with Gasteiger partial charge in [0.2, 0.25) is 0 Å². The summed E-state index contributed by atoms with van der Waals surface area (Å²) in [5.74, 6) is 1.26. The van der Waals surface area contributed by atoms with Gasteiger partial charge in [-0.05, 0) is 49.6 Å². The number of amidine groups is 1. The molecule has 1 aromatic heterocycles. The Hall–Kier alpha value is -2.25. The van der Waals surface area contributed by atoms with E-state index in [0.29, 0.717) is 28.2 Å². The fraction of sp³-hybridized carbons (Fsp3) is 0.350. The molecule has 2 aromatic rings. The number of benzene rings is 1. The van der Waals surface area contributed by atoms with Gasteiger partial charge < -0.3 is 15.8 Å². The Morgan fingerprint density at radius 2 is 2.21 bits per heavy atom. The molecular weight excluding hydrogens is 396 g/mol. The van der Waals surface area contributed by atoms with Crippen LogP contribution in [0, 0.1) is 0 Å². The second-order valence-corrected chi connectivity index (χ2v) is 8.28. The number of carbonyl (C=O) groups is 1. The summed E-state index contributed by atoms with van der Waals surface area (Å²) in [7, 11) is 0. The van der Waals surface area contributed by atoms with E-state index in [0.717, 1.165) is 24.2 Å². The zero-order chi connectivity index (χ0) is 20.1. The Labute approximate surface area is 173 Å². The van der Waals surface area contributed by atoms with Crippen LogP contribution >= 0.6 is 23.4 Å². The maximum atomic E-state index is 12.6. The largest absolute Gasteiger partial charge is 0.494 e. The lowest BCUT2D eigenvalue weighted by atomic mass is 9.89. The zero-order valence-corrected chi connectivity index (χ0v) is 17.4. The van der Waals surface area contributed by atoms with Crippen molar-refractivity contribution < 1.29 is 9.53 Å². The lowest BCUT2D eigenvalue weighted by Gasteiger charge is -2.30. The number of halogens is 1. The number of aromatic nitrogens is 1. The van der Waals surface area contributed by atoms with Gasteiger partial charge in [0, 0.05) is 23.7 Å². The van der Waals surface area contributed by atoms with Crippen molar-refractivity contribution in [3.63, 3.8) is 0 Å². The maximum Gasteiger partial charge on any atom is 0.274 e. The van der Waals surface area contributed by atoms with E-state index in [-0.39, 0.29) is 11.6 Å². The molecule has 0 saturated carbocycles. The smallest absolute Gasteiger partial charge is 0.274 e. The monoisotopic (exact) mass is 418 g/mol. The molecule has 28 heavy (non-hydrogen) atoms. The summed E-state index contributed by atoms with van der Waals surface area (Å²) in [5, 5.41) is 3.95. The van der Waals surface area contributed by atoms with Crippen molar-refractivity contribution in [2.24, 2.45) is 10.7 Å². The second kappa shape index (κ2) is 8.84. The van der Waals surface area contributed by atoms with Gasteiger partial charge in [0.15, 0.2) is 5.17 Å². The number of aliphatic imine (C=N–C) groups is 1. The van der Waals surface area contributed by atoms with Crippen LogP contribution in [-0.2, 0) is 5.54 Å². The second-order valence-electron chi connectivity index (χ2n) is 6.73. The van der Waals surface area contributed by atoms with Crippen molar-refractivity contribution in [3.05, 3.63) is 52.8 Å². The highest BCUT2D eigenvalue weighted by Gasteiger charge is 2.30. The molecule has 1 aliphatic heterocycles. The molecule has 0 aliphatic carbocycles. The fourth-order valence-corrected chi connectivity index (χ4v) is 3.97. The third-order valence-electron chi connectivity index (χ3n) is 4.41. The number of hydrogen-bond donors (Lipinski definition) is 2. The summed E-state index contributed by atoms with van der Waals surface area (Å²) in [6.45, 7) is 4.68. The first-order valence-corrected chi connectivity index (χ1v) is 10.5. The number of nitrogens with one attached hydrogen (secondary N) is 1. The minimum atomic E-state index is -0.459. The quantitative estimate of drug-likeness (QED) is 0.723. The predicted molar refractivity (Wildman–Crippen MR) is 115 cm³/mol. The molecule has 3 rings (SSSR count). The number of carbonyl (C=O) groups excluding carboxylic acids is 1. The zero-order valence-electron chi connectivity index (χ0n) is 15.9. The van der Waals surface area contributed by atoms with Gasteiger partial charge in [-0.3, -0.25) is 9.79 Å². The summed E-state index contributed by atoms with van der Waals surface area (Å²) < 4.78 is 5.83. The summed E-state index contributed by atoms with van der Waals surface area (Å²) in [5.41, 5.74) is 7.36. The highest BCUT2D eigenvalue weighted by Crippen LogP contribution is 2.38. The number of rotatable bonds is 6. The molecule has 148 valence electrons. The van der Waals surface area contributed by atoms with Crippen molar-refractivity contribution >= 4 is 40.1 Å². The van der Waals surface area contributed by atoms with E-state index in [1.807, 2.05) is 26.0 Å². The molecule has 1 atom stereocenters. The predicted octanol–water partition coefficient (Wildman–Crippen LogP) is 4.44. The lowest BCUT2D eigenvalue weighted by molar-refractivity contribution is 0.102. The van der Waals surface area contributed by atoms with Gasteiger partial charge in [0.25, 0.3) is 5.91 Å². The molecule has 1 aromatic carbocycles. The molecule has 0 radical (unpaired) electrons. The summed E-state index contributed by atoms with van der Waals surface area (Å²) >= 11 is 7.40. The topological polar surface area (TPSA) is 89.6 Å². The Balaban J connectivity index is 1.92. The molecule has 1 amide bonds. The van der Waals surface area contributed by atoms with Gasteiger partial charge in [0.05, 0.1) is 17.2 Å². The van der Waals surface area contributed by atoms with Gasteiger partial charge in [-0.1, -0.05) is 30.3 Å². The third-order valence-corrected chi connectivity index (χ3v) is 5.43. The molecule has 6 nitrogen and oxygen atoms in total. The van der Waals surface area contributed by atoms with Crippen LogP contribution in [0.4, 0.5) is 5.69 Å². The van der Waals surface area contributed by atoms with Gasteiger partial charge in [0.1, 0.15) is 11.4 Å². The molecule has 3 N–H and O–H groups in total. The standard InChI is InChI=1S/C20H23ClN4O2S/c1-3-7-27-16-10-13(20(2)6-8-28-19(22)25-20)9-15(11-16)24-18(26)17-5-4-14(21)12-23-17/h4-5,9-12H,3,6-8H2,1-2H3,(H2,22,25)(H,24,26). The molecule has 0 spiro atoms. The van der Waals surface area contributed by atoms with E-state index in [1.165, 1.54) is 6.20 Å². The van der Waals surface area contributed by atoms with Crippen LogP contribution in [0.1, 0.15) is 42.7 Å². The van der Waals surface area contributed by atoms with Gasteiger partial charge in [-0.2, -0.15) is 0 Å². The van der Waals surface area contributed by atoms with Crippen molar-refractivity contribution in [1.82, 2.24) is 4.98 Å². The minimum Gasteiger partial charge on any atom is -0.494 e. The van der Waals surface area contributed by atoms with Gasteiger partial charge in [-0.25, -0.2) is 4.98 Å². The van der Waals surface area contributed by atoms with E-state index in [2.05, 4.69) is 15.3 Å². The highest BCUT2D eigenvalue weighted by atomic mass is 35.5. The average molecular weight is 419 g/mol. The van der Waals surface area contributed by atoms with Crippen LogP contribution < -0.4 is 15.8 Å². The Morgan fingerprint density at radius 3 is 2.89 bits per heavy atom. The Morgan fingerprint density at radius 1 is 1.39 bits per heavy atom.